The molecule has 0 atom stereocenters. The van der Waals surface area contributed by atoms with Crippen molar-refractivity contribution in [2.75, 3.05) is 0 Å². The first-order chi connectivity index (χ1) is 14.0. The average Bonchev–Trinajstić information content (AvgIpc) is 2.68. The lowest BCUT2D eigenvalue weighted by molar-refractivity contribution is -0.153. The number of carbonyl (C=O) groups excluding carboxylic acids is 1. The van der Waals surface area contributed by atoms with Crippen molar-refractivity contribution in [2.24, 2.45) is 0 Å². The van der Waals surface area contributed by atoms with E-state index in [1.54, 1.807) is 0 Å². The van der Waals surface area contributed by atoms with Crippen LogP contribution in [0.3, 0.4) is 0 Å². The monoisotopic (exact) mass is 403 g/mol. The molecule has 3 N–H and O–H groups in total. The van der Waals surface area contributed by atoms with E-state index in [1.165, 1.54) is 0 Å². The molecule has 0 aliphatic rings. The highest BCUT2D eigenvalue weighted by Gasteiger charge is 2.27. The first-order valence-electron chi connectivity index (χ1n) is 9.99. The standard InChI is InChI=1S/C23H33NO5/c1-2-3-4-5-6-7-8-9-10-11-12-13-14-15-16-17-18-19-20(25)24-21(22(26)27)23(28)29/h3-4,6-7,9-10,12-13,15-16,21H,2,5,8,11,14,17-19H2,1H3,(H,24,25)(H,26,27)(H,28,29)/b4-3-,7-6-,10-9-,13-12-,16-15-. The van der Waals surface area contributed by atoms with Crippen molar-refractivity contribution in [3.63, 3.8) is 0 Å². The normalized spacial score (nSPS) is 12.3. The molecule has 0 saturated carbocycles. The van der Waals surface area contributed by atoms with E-state index in [-0.39, 0.29) is 6.42 Å². The minimum atomic E-state index is -1.89. The van der Waals surface area contributed by atoms with Crippen molar-refractivity contribution in [1.29, 1.82) is 0 Å². The smallest absolute Gasteiger partial charge is 0.338 e. The SMILES string of the molecule is CC/C=C\C/C=C\C/C=C\C/C=C\C/C=C\CCCC(=O)NC(C(=O)O)C(=O)O. The van der Waals surface area contributed by atoms with Gasteiger partial charge in [-0.15, -0.1) is 0 Å². The lowest BCUT2D eigenvalue weighted by Crippen LogP contribution is -2.46. The molecular formula is C23H33NO5. The Bertz CT molecular complexity index is 615. The minimum Gasteiger partial charge on any atom is -0.479 e. The Hall–Kier alpha value is -2.89. The molecule has 0 bridgehead atoms. The van der Waals surface area contributed by atoms with E-state index in [9.17, 15) is 14.4 Å². The molecular weight excluding hydrogens is 370 g/mol. The summed E-state index contributed by atoms with van der Waals surface area (Å²) in [5.41, 5.74) is 0. The molecule has 0 spiro atoms. The zero-order valence-corrected chi connectivity index (χ0v) is 17.1. The second kappa shape index (κ2) is 18.5. The van der Waals surface area contributed by atoms with Gasteiger partial charge in [-0.25, -0.2) is 9.59 Å². The van der Waals surface area contributed by atoms with Gasteiger partial charge in [0.2, 0.25) is 11.9 Å². The van der Waals surface area contributed by atoms with Crippen LogP contribution in [0.1, 0.15) is 58.3 Å². The molecule has 0 aromatic heterocycles. The van der Waals surface area contributed by atoms with Crippen molar-refractivity contribution >= 4 is 17.8 Å². The van der Waals surface area contributed by atoms with Crippen LogP contribution in [0.5, 0.6) is 0 Å². The van der Waals surface area contributed by atoms with Crippen molar-refractivity contribution in [2.45, 2.75) is 64.3 Å². The summed E-state index contributed by atoms with van der Waals surface area (Å²) in [4.78, 5) is 32.9. The number of amides is 1. The number of carboxylic acid groups (broad SMARTS) is 2. The predicted octanol–water partition coefficient (Wildman–Crippen LogP) is 4.56. The summed E-state index contributed by atoms with van der Waals surface area (Å²) in [5, 5.41) is 19.4. The molecule has 6 nitrogen and oxygen atoms in total. The molecule has 0 saturated heterocycles. The van der Waals surface area contributed by atoms with Gasteiger partial charge in [-0.2, -0.15) is 0 Å². The number of nitrogens with one attached hydrogen (secondary N) is 1. The Kier molecular flexibility index (Phi) is 16.6. The van der Waals surface area contributed by atoms with Crippen LogP contribution in [0.15, 0.2) is 60.8 Å². The van der Waals surface area contributed by atoms with Gasteiger partial charge in [0.05, 0.1) is 0 Å². The summed E-state index contributed by atoms with van der Waals surface area (Å²) >= 11 is 0. The largest absolute Gasteiger partial charge is 0.479 e. The topological polar surface area (TPSA) is 104 Å². The van der Waals surface area contributed by atoms with E-state index in [1.807, 2.05) is 17.5 Å². The van der Waals surface area contributed by atoms with Gasteiger partial charge in [-0.3, -0.25) is 4.79 Å². The molecule has 0 aliphatic carbocycles. The highest BCUT2D eigenvalue weighted by molar-refractivity contribution is 6.00. The van der Waals surface area contributed by atoms with E-state index in [2.05, 4.69) is 55.5 Å². The van der Waals surface area contributed by atoms with Crippen LogP contribution in [0.25, 0.3) is 0 Å². The zero-order valence-electron chi connectivity index (χ0n) is 17.1. The van der Waals surface area contributed by atoms with Gasteiger partial charge < -0.3 is 15.5 Å². The van der Waals surface area contributed by atoms with Crippen molar-refractivity contribution in [1.82, 2.24) is 5.32 Å². The summed E-state index contributed by atoms with van der Waals surface area (Å²) in [6.07, 6.45) is 27.1. The lowest BCUT2D eigenvalue weighted by atomic mass is 10.2. The minimum absolute atomic E-state index is 0.0887. The van der Waals surface area contributed by atoms with E-state index in [4.69, 9.17) is 10.2 Å². The molecule has 0 fully saturated rings. The first-order valence-corrected chi connectivity index (χ1v) is 9.99. The van der Waals surface area contributed by atoms with Crippen LogP contribution < -0.4 is 5.32 Å². The summed E-state index contributed by atoms with van der Waals surface area (Å²) in [7, 11) is 0. The molecule has 0 aromatic rings. The Morgan fingerprint density at radius 2 is 1.14 bits per heavy atom. The Balaban J connectivity index is 3.74. The predicted molar refractivity (Wildman–Crippen MR) is 116 cm³/mol. The van der Waals surface area contributed by atoms with Crippen LogP contribution >= 0.6 is 0 Å². The summed E-state index contributed by atoms with van der Waals surface area (Å²) in [6, 6.07) is -1.89. The maximum absolute atomic E-state index is 11.5. The fourth-order valence-corrected chi connectivity index (χ4v) is 2.21. The highest BCUT2D eigenvalue weighted by atomic mass is 16.4. The van der Waals surface area contributed by atoms with Gasteiger partial charge in [0, 0.05) is 6.42 Å². The molecule has 1 amide bonds. The number of allylic oxidation sites excluding steroid dienone is 10. The van der Waals surface area contributed by atoms with Gasteiger partial charge in [0.15, 0.2) is 0 Å². The molecule has 0 aromatic carbocycles. The zero-order chi connectivity index (χ0) is 21.7. The number of carbonyl (C=O) groups is 3. The van der Waals surface area contributed by atoms with Gasteiger partial charge >= 0.3 is 11.9 Å². The molecule has 29 heavy (non-hydrogen) atoms. The van der Waals surface area contributed by atoms with Crippen molar-refractivity contribution < 1.29 is 24.6 Å². The number of unbranched alkanes of at least 4 members (excludes halogenated alkanes) is 1. The molecule has 0 radical (unpaired) electrons. The van der Waals surface area contributed by atoms with Gasteiger partial charge in [-0.05, 0) is 44.9 Å². The van der Waals surface area contributed by atoms with E-state index >= 15 is 0 Å². The third kappa shape index (κ3) is 17.0. The van der Waals surface area contributed by atoms with E-state index in [0.717, 1.165) is 32.1 Å². The molecule has 0 unspecified atom stereocenters. The Labute approximate surface area is 173 Å². The van der Waals surface area contributed by atoms with Gasteiger partial charge in [-0.1, -0.05) is 67.7 Å². The number of rotatable bonds is 16. The van der Waals surface area contributed by atoms with Crippen molar-refractivity contribution in [3.8, 4) is 0 Å². The second-order valence-electron chi connectivity index (χ2n) is 6.28. The van der Waals surface area contributed by atoms with Crippen LogP contribution in [-0.2, 0) is 14.4 Å². The van der Waals surface area contributed by atoms with Crippen LogP contribution in [0.2, 0.25) is 0 Å². The molecule has 0 rings (SSSR count). The summed E-state index contributed by atoms with van der Waals surface area (Å²) < 4.78 is 0. The van der Waals surface area contributed by atoms with Crippen LogP contribution in [-0.4, -0.2) is 34.1 Å². The fraction of sp³-hybridized carbons (Fsp3) is 0.435. The van der Waals surface area contributed by atoms with Crippen molar-refractivity contribution in [3.05, 3.63) is 60.8 Å². The Morgan fingerprint density at radius 3 is 1.55 bits per heavy atom. The highest BCUT2D eigenvalue weighted by Crippen LogP contribution is 2.00. The molecule has 0 heterocycles. The maximum Gasteiger partial charge on any atom is 0.338 e. The van der Waals surface area contributed by atoms with Gasteiger partial charge in [0.25, 0.3) is 0 Å². The third-order valence-corrected chi connectivity index (χ3v) is 3.73. The third-order valence-electron chi connectivity index (χ3n) is 3.73. The van der Waals surface area contributed by atoms with Crippen LogP contribution in [0, 0.1) is 0 Å². The fourth-order valence-electron chi connectivity index (χ4n) is 2.21. The molecule has 6 heteroatoms. The first kappa shape index (κ1) is 26.1. The Morgan fingerprint density at radius 1 is 0.724 bits per heavy atom. The number of aliphatic carboxylic acids is 2. The molecule has 160 valence electrons. The summed E-state index contributed by atoms with van der Waals surface area (Å²) in [5.74, 6) is -3.74. The van der Waals surface area contributed by atoms with E-state index in [0.29, 0.717) is 12.8 Å². The number of carboxylic acids is 2. The average molecular weight is 404 g/mol. The molecule has 0 aliphatic heterocycles. The quantitative estimate of drug-likeness (QED) is 0.199. The lowest BCUT2D eigenvalue weighted by Gasteiger charge is -2.09. The van der Waals surface area contributed by atoms with Crippen LogP contribution in [0.4, 0.5) is 0 Å². The summed E-state index contributed by atoms with van der Waals surface area (Å²) in [6.45, 7) is 2.12. The number of hydrogen-bond donors (Lipinski definition) is 3. The second-order valence-corrected chi connectivity index (χ2v) is 6.28. The maximum atomic E-state index is 11.5. The van der Waals surface area contributed by atoms with E-state index < -0.39 is 23.9 Å². The number of hydrogen-bond acceptors (Lipinski definition) is 3. The van der Waals surface area contributed by atoms with Gasteiger partial charge in [0.1, 0.15) is 0 Å².